The average molecular weight is 610 g/mol. The molecule has 0 amide bonds. The van der Waals surface area contributed by atoms with Crippen molar-refractivity contribution in [2.24, 2.45) is 0 Å². The third kappa shape index (κ3) is 16.6. The second kappa shape index (κ2) is 26.4. The van der Waals surface area contributed by atoms with Crippen molar-refractivity contribution in [2.75, 3.05) is 32.8 Å². The predicted molar refractivity (Wildman–Crippen MR) is 164 cm³/mol. The molecule has 0 aliphatic carbocycles. The molecule has 0 bridgehead atoms. The Bertz CT molecular complexity index is 546. The number of rotatable bonds is 27. The van der Waals surface area contributed by atoms with Crippen molar-refractivity contribution in [1.29, 1.82) is 0 Å². The summed E-state index contributed by atoms with van der Waals surface area (Å²) in [7, 11) is 0. The van der Waals surface area contributed by atoms with E-state index in [1.807, 2.05) is 0 Å². The number of hydrogen-bond donors (Lipinski definition) is 5. The summed E-state index contributed by atoms with van der Waals surface area (Å²) in [6.45, 7) is 6.41. The summed E-state index contributed by atoms with van der Waals surface area (Å²) in [5.74, 6) is 0. The second-order valence-electron chi connectivity index (χ2n) is 12.5. The van der Waals surface area contributed by atoms with Gasteiger partial charge in [-0.3, -0.25) is 4.48 Å². The highest BCUT2D eigenvalue weighted by Crippen LogP contribution is 2.31. The Morgan fingerprint density at radius 2 is 0.854 bits per heavy atom. The molecule has 1 aliphatic rings. The summed E-state index contributed by atoms with van der Waals surface area (Å²) >= 11 is 0. The molecule has 1 fully saturated rings. The topological polar surface area (TPSA) is 110 Å². The fraction of sp³-hybridized carbons (Fsp3) is 1.00. The number of aliphatic hydroxyl groups is 5. The minimum absolute atomic E-state index is 0. The van der Waals surface area contributed by atoms with Crippen LogP contribution < -0.4 is 12.4 Å². The van der Waals surface area contributed by atoms with Crippen molar-refractivity contribution in [3.63, 3.8) is 0 Å². The molecule has 0 aromatic heterocycles. The van der Waals surface area contributed by atoms with Crippen LogP contribution in [0.4, 0.5) is 0 Å². The summed E-state index contributed by atoms with van der Waals surface area (Å²) in [5, 5.41) is 51.7. The van der Waals surface area contributed by atoms with Gasteiger partial charge in [-0.25, -0.2) is 0 Å². The van der Waals surface area contributed by atoms with Crippen molar-refractivity contribution >= 4 is 0 Å². The van der Waals surface area contributed by atoms with Gasteiger partial charge < -0.3 is 42.7 Å². The van der Waals surface area contributed by atoms with Crippen LogP contribution in [0.1, 0.15) is 149 Å². The van der Waals surface area contributed by atoms with Gasteiger partial charge in [-0.05, 0) is 25.7 Å². The van der Waals surface area contributed by atoms with E-state index in [4.69, 9.17) is 4.74 Å². The summed E-state index contributed by atoms with van der Waals surface area (Å²) in [6, 6.07) is 0. The van der Waals surface area contributed by atoms with Gasteiger partial charge in [0.1, 0.15) is 18.3 Å². The monoisotopic (exact) mass is 609 g/mol. The quantitative estimate of drug-likeness (QED) is 0.0724. The van der Waals surface area contributed by atoms with Gasteiger partial charge in [-0.15, -0.1) is 0 Å². The van der Waals surface area contributed by atoms with Crippen LogP contribution in [0.15, 0.2) is 0 Å². The Kier molecular flexibility index (Phi) is 26.4. The van der Waals surface area contributed by atoms with Gasteiger partial charge in [0.05, 0.1) is 26.2 Å². The molecular weight excluding hydrogens is 542 g/mol. The minimum Gasteiger partial charge on any atom is -1.00 e. The molecule has 1 saturated heterocycles. The maximum absolute atomic E-state index is 11.1. The second-order valence-corrected chi connectivity index (χ2v) is 12.5. The standard InChI is InChI=1S/C33H68NO6.ClH/c1-3-5-7-9-11-13-15-17-19-21-24-34(26-23-27-35,25-22-20-18-16-14-12-10-8-6-4-2)33-32(39)31(38)30(37)29(28-36)40-33;/h29-33,35-39H,3-28H2,1-2H3;1H/q+1;/p-1/t29-,30-,31+,32-,33?;/m1./s1. The smallest absolute Gasteiger partial charge is 0.222 e. The van der Waals surface area contributed by atoms with Crippen molar-refractivity contribution in [1.82, 2.24) is 0 Å². The van der Waals surface area contributed by atoms with Crippen molar-refractivity contribution in [2.45, 2.75) is 179 Å². The molecular formula is C33H68ClNO6. The van der Waals surface area contributed by atoms with Crippen LogP contribution in [0.2, 0.25) is 0 Å². The molecule has 1 heterocycles. The number of unbranched alkanes of at least 4 members (excludes halogenated alkanes) is 18. The van der Waals surface area contributed by atoms with Crippen LogP contribution in [-0.4, -0.2) is 93.5 Å². The number of nitrogens with zero attached hydrogens (tertiary/aromatic N) is 1. The van der Waals surface area contributed by atoms with Crippen LogP contribution in [-0.2, 0) is 4.74 Å². The van der Waals surface area contributed by atoms with E-state index in [9.17, 15) is 25.5 Å². The van der Waals surface area contributed by atoms with Gasteiger partial charge in [-0.2, -0.15) is 0 Å². The van der Waals surface area contributed by atoms with E-state index in [1.165, 1.54) is 103 Å². The molecule has 0 aromatic rings. The lowest BCUT2D eigenvalue weighted by Gasteiger charge is -2.51. The first-order valence-electron chi connectivity index (χ1n) is 17.2. The van der Waals surface area contributed by atoms with Gasteiger partial charge >= 0.3 is 0 Å². The van der Waals surface area contributed by atoms with Crippen LogP contribution in [0, 0.1) is 0 Å². The van der Waals surface area contributed by atoms with E-state index in [2.05, 4.69) is 13.8 Å². The van der Waals surface area contributed by atoms with E-state index in [0.717, 1.165) is 38.8 Å². The van der Waals surface area contributed by atoms with E-state index in [1.54, 1.807) is 0 Å². The summed E-state index contributed by atoms with van der Waals surface area (Å²) in [6.07, 6.45) is 20.0. The van der Waals surface area contributed by atoms with E-state index < -0.39 is 37.3 Å². The highest BCUT2D eigenvalue weighted by molar-refractivity contribution is 4.89. The molecule has 41 heavy (non-hydrogen) atoms. The fourth-order valence-electron chi connectivity index (χ4n) is 6.47. The number of halogens is 1. The summed E-state index contributed by atoms with van der Waals surface area (Å²) in [4.78, 5) is 0. The number of quaternary nitrogens is 1. The third-order valence-corrected chi connectivity index (χ3v) is 9.08. The Morgan fingerprint density at radius 3 is 1.22 bits per heavy atom. The van der Waals surface area contributed by atoms with Crippen LogP contribution in [0.25, 0.3) is 0 Å². The zero-order valence-corrected chi connectivity index (χ0v) is 27.5. The normalized spacial score (nSPS) is 23.0. The molecule has 0 radical (unpaired) electrons. The molecule has 5 N–H and O–H groups in total. The highest BCUT2D eigenvalue weighted by atomic mass is 35.5. The van der Waals surface area contributed by atoms with Crippen molar-refractivity contribution < 1.29 is 47.2 Å². The summed E-state index contributed by atoms with van der Waals surface area (Å²) in [5.41, 5.74) is 0. The predicted octanol–water partition coefficient (Wildman–Crippen LogP) is 2.83. The Hall–Kier alpha value is 0.01000. The van der Waals surface area contributed by atoms with Crippen molar-refractivity contribution in [3.8, 4) is 0 Å². The maximum atomic E-state index is 11.1. The molecule has 1 unspecified atom stereocenters. The molecule has 5 atom stereocenters. The van der Waals surface area contributed by atoms with Gasteiger partial charge in [0.2, 0.25) is 6.23 Å². The first-order valence-corrected chi connectivity index (χ1v) is 17.2. The van der Waals surface area contributed by atoms with Crippen molar-refractivity contribution in [3.05, 3.63) is 0 Å². The fourth-order valence-corrected chi connectivity index (χ4v) is 6.47. The average Bonchev–Trinajstić information content (AvgIpc) is 2.96. The molecule has 8 heteroatoms. The van der Waals surface area contributed by atoms with Gasteiger partial charge in [-0.1, -0.05) is 117 Å². The molecule has 1 aliphatic heterocycles. The molecule has 1 rings (SSSR count). The van der Waals surface area contributed by atoms with Crippen LogP contribution >= 0.6 is 0 Å². The Morgan fingerprint density at radius 1 is 0.488 bits per heavy atom. The zero-order chi connectivity index (χ0) is 29.5. The molecule has 7 nitrogen and oxygen atoms in total. The largest absolute Gasteiger partial charge is 1.00 e. The maximum Gasteiger partial charge on any atom is 0.222 e. The third-order valence-electron chi connectivity index (χ3n) is 9.08. The Labute approximate surface area is 259 Å². The number of ether oxygens (including phenoxy) is 1. The molecule has 248 valence electrons. The van der Waals surface area contributed by atoms with E-state index in [0.29, 0.717) is 17.4 Å². The highest BCUT2D eigenvalue weighted by Gasteiger charge is 2.52. The Balaban J connectivity index is 0.0000160. The SMILES string of the molecule is CCCCCCCCCCCC[N+](CCCO)(CCCCCCCCCCCC)C1O[C@H](CO)[C@@H](O)[C@H](O)[C@H]1O.[Cl-]. The van der Waals surface area contributed by atoms with E-state index in [-0.39, 0.29) is 19.0 Å². The molecule has 0 aromatic carbocycles. The molecule has 0 spiro atoms. The summed E-state index contributed by atoms with van der Waals surface area (Å²) < 4.78 is 6.63. The van der Waals surface area contributed by atoms with Crippen LogP contribution in [0.5, 0.6) is 0 Å². The molecule has 0 saturated carbocycles. The van der Waals surface area contributed by atoms with Gasteiger partial charge in [0.25, 0.3) is 0 Å². The minimum atomic E-state index is -1.36. The lowest BCUT2D eigenvalue weighted by atomic mass is 9.95. The van der Waals surface area contributed by atoms with Crippen LogP contribution in [0.3, 0.4) is 0 Å². The van der Waals surface area contributed by atoms with E-state index >= 15 is 0 Å². The lowest BCUT2D eigenvalue weighted by molar-refractivity contribution is -0.979. The number of aliphatic hydroxyl groups excluding tert-OH is 5. The number of hydrogen-bond acceptors (Lipinski definition) is 6. The lowest BCUT2D eigenvalue weighted by Crippen LogP contribution is -3.00. The first kappa shape index (κ1) is 41.0. The first-order chi connectivity index (χ1) is 19.5. The van der Waals surface area contributed by atoms with Gasteiger partial charge in [0, 0.05) is 13.0 Å². The van der Waals surface area contributed by atoms with Gasteiger partial charge in [0.15, 0.2) is 6.10 Å². The zero-order valence-electron chi connectivity index (χ0n) is 26.7.